The number of nitrogens with one attached hydrogen (secondary N) is 1. The number of aromatic nitrogens is 2. The van der Waals surface area contributed by atoms with E-state index in [1.807, 2.05) is 22.6 Å². The Balaban J connectivity index is 2.66. The molecular formula is C8H11IN2OS. The Morgan fingerprint density at radius 1 is 1.69 bits per heavy atom. The van der Waals surface area contributed by atoms with Gasteiger partial charge in [0.2, 0.25) is 0 Å². The molecule has 13 heavy (non-hydrogen) atoms. The minimum absolute atomic E-state index is 0.0467. The zero-order valence-corrected chi connectivity index (χ0v) is 10.3. The number of unbranched alkanes of at least 4 members (excludes halogenated alkanes) is 1. The average molecular weight is 310 g/mol. The number of aromatic amines is 1. The van der Waals surface area contributed by atoms with Gasteiger partial charge in [0.15, 0.2) is 0 Å². The van der Waals surface area contributed by atoms with Gasteiger partial charge in [0, 0.05) is 0 Å². The summed E-state index contributed by atoms with van der Waals surface area (Å²) < 4.78 is 0.696. The molecule has 0 spiro atoms. The van der Waals surface area contributed by atoms with Crippen molar-refractivity contribution in [1.29, 1.82) is 0 Å². The second-order valence-corrected chi connectivity index (χ2v) is 4.72. The highest BCUT2D eigenvalue weighted by Crippen LogP contribution is 2.19. The van der Waals surface area contributed by atoms with Crippen LogP contribution in [0.15, 0.2) is 16.1 Å². The molecule has 0 bridgehead atoms. The maximum Gasteiger partial charge on any atom is 0.265 e. The summed E-state index contributed by atoms with van der Waals surface area (Å²) in [6.45, 7) is 2.15. The van der Waals surface area contributed by atoms with Crippen LogP contribution in [0.4, 0.5) is 0 Å². The van der Waals surface area contributed by atoms with Gasteiger partial charge >= 0.3 is 0 Å². The number of H-pyrrole nitrogens is 1. The zero-order chi connectivity index (χ0) is 9.68. The molecule has 1 aromatic rings. The zero-order valence-electron chi connectivity index (χ0n) is 7.34. The lowest BCUT2D eigenvalue weighted by Gasteiger charge is -2.00. The van der Waals surface area contributed by atoms with Crippen molar-refractivity contribution in [1.82, 2.24) is 9.97 Å². The molecule has 1 heterocycles. The van der Waals surface area contributed by atoms with Crippen LogP contribution in [-0.2, 0) is 0 Å². The fraction of sp³-hybridized carbons (Fsp3) is 0.500. The first-order chi connectivity index (χ1) is 6.25. The molecule has 1 rings (SSSR count). The molecule has 0 unspecified atom stereocenters. The van der Waals surface area contributed by atoms with Crippen molar-refractivity contribution in [3.63, 3.8) is 0 Å². The summed E-state index contributed by atoms with van der Waals surface area (Å²) in [6.07, 6.45) is 3.79. The Morgan fingerprint density at radius 2 is 2.46 bits per heavy atom. The van der Waals surface area contributed by atoms with Crippen LogP contribution in [0.2, 0.25) is 0 Å². The van der Waals surface area contributed by atoms with Crippen molar-refractivity contribution in [2.45, 2.75) is 24.8 Å². The van der Waals surface area contributed by atoms with Gasteiger partial charge in [-0.3, -0.25) is 4.79 Å². The molecule has 3 nitrogen and oxygen atoms in total. The first kappa shape index (κ1) is 11.0. The maximum atomic E-state index is 11.2. The fourth-order valence-corrected chi connectivity index (χ4v) is 2.52. The lowest BCUT2D eigenvalue weighted by molar-refractivity contribution is 0.892. The Morgan fingerprint density at radius 3 is 3.15 bits per heavy atom. The Labute approximate surface area is 94.9 Å². The fourth-order valence-electron chi connectivity index (χ4n) is 0.780. The van der Waals surface area contributed by atoms with E-state index in [0.717, 1.165) is 17.2 Å². The van der Waals surface area contributed by atoms with Crippen LogP contribution in [0.5, 0.6) is 0 Å². The number of thioether (sulfide) groups is 1. The number of hydrogen-bond acceptors (Lipinski definition) is 3. The molecule has 5 heteroatoms. The largest absolute Gasteiger partial charge is 0.312 e. The van der Waals surface area contributed by atoms with Gasteiger partial charge in [-0.25, -0.2) is 4.98 Å². The molecule has 0 atom stereocenters. The van der Waals surface area contributed by atoms with Gasteiger partial charge in [-0.1, -0.05) is 13.3 Å². The van der Waals surface area contributed by atoms with Crippen molar-refractivity contribution < 1.29 is 0 Å². The first-order valence-electron chi connectivity index (χ1n) is 4.11. The minimum atomic E-state index is -0.0467. The maximum absolute atomic E-state index is 11.2. The highest BCUT2D eigenvalue weighted by atomic mass is 127. The molecule has 0 saturated heterocycles. The molecular weight excluding hydrogens is 299 g/mol. The van der Waals surface area contributed by atoms with Crippen molar-refractivity contribution in [3.05, 3.63) is 20.3 Å². The number of hydrogen-bond donors (Lipinski definition) is 1. The molecule has 0 aromatic carbocycles. The van der Waals surface area contributed by atoms with E-state index in [4.69, 9.17) is 0 Å². The van der Waals surface area contributed by atoms with Gasteiger partial charge in [0.05, 0.1) is 6.33 Å². The van der Waals surface area contributed by atoms with Gasteiger partial charge in [0.1, 0.15) is 8.60 Å². The summed E-state index contributed by atoms with van der Waals surface area (Å²) >= 11 is 3.68. The Kier molecular flexibility index (Phi) is 4.79. The quantitative estimate of drug-likeness (QED) is 0.402. The van der Waals surface area contributed by atoms with Crippen molar-refractivity contribution >= 4 is 34.4 Å². The summed E-state index contributed by atoms with van der Waals surface area (Å²) in [6, 6.07) is 0. The standard InChI is InChI=1S/C8H11IN2OS/c1-2-3-4-13-8-6(9)7(12)10-5-11-8/h5H,2-4H2,1H3,(H,10,11,12). The molecule has 0 amide bonds. The third-order valence-corrected chi connectivity index (χ3v) is 3.94. The van der Waals surface area contributed by atoms with E-state index in [2.05, 4.69) is 16.9 Å². The summed E-state index contributed by atoms with van der Waals surface area (Å²) in [5, 5.41) is 0.845. The third kappa shape index (κ3) is 3.30. The summed E-state index contributed by atoms with van der Waals surface area (Å²) in [5.41, 5.74) is -0.0467. The van der Waals surface area contributed by atoms with Crippen LogP contribution in [-0.4, -0.2) is 15.7 Å². The molecule has 0 aliphatic carbocycles. The monoisotopic (exact) mass is 310 g/mol. The van der Waals surface area contributed by atoms with E-state index in [0.29, 0.717) is 3.57 Å². The molecule has 1 aromatic heterocycles. The second kappa shape index (κ2) is 5.64. The van der Waals surface area contributed by atoms with Crippen LogP contribution >= 0.6 is 34.4 Å². The van der Waals surface area contributed by atoms with Crippen LogP contribution in [0.1, 0.15) is 19.8 Å². The molecule has 0 saturated carbocycles. The minimum Gasteiger partial charge on any atom is -0.312 e. The molecule has 0 radical (unpaired) electrons. The first-order valence-corrected chi connectivity index (χ1v) is 6.18. The topological polar surface area (TPSA) is 45.8 Å². The number of halogens is 1. The van der Waals surface area contributed by atoms with E-state index < -0.39 is 0 Å². The SMILES string of the molecule is CCCCSc1nc[nH]c(=O)c1I. The van der Waals surface area contributed by atoms with Crippen molar-refractivity contribution in [2.75, 3.05) is 5.75 Å². The lowest BCUT2D eigenvalue weighted by atomic mass is 10.4. The number of rotatable bonds is 4. The van der Waals surface area contributed by atoms with E-state index >= 15 is 0 Å². The molecule has 0 aliphatic rings. The summed E-state index contributed by atoms with van der Waals surface area (Å²) in [4.78, 5) is 17.8. The lowest BCUT2D eigenvalue weighted by Crippen LogP contribution is -2.11. The number of nitrogens with zero attached hydrogens (tertiary/aromatic N) is 1. The van der Waals surface area contributed by atoms with E-state index in [1.54, 1.807) is 11.8 Å². The Bertz CT molecular complexity index is 326. The van der Waals surface area contributed by atoms with Crippen LogP contribution in [0, 0.1) is 3.57 Å². The van der Waals surface area contributed by atoms with E-state index in [-0.39, 0.29) is 5.56 Å². The van der Waals surface area contributed by atoms with E-state index in [9.17, 15) is 4.79 Å². The highest BCUT2D eigenvalue weighted by Gasteiger charge is 2.04. The average Bonchev–Trinajstić information content (AvgIpc) is 2.13. The van der Waals surface area contributed by atoms with Gasteiger partial charge in [0.25, 0.3) is 5.56 Å². The Hall–Kier alpha value is -0.0400. The highest BCUT2D eigenvalue weighted by molar-refractivity contribution is 14.1. The van der Waals surface area contributed by atoms with E-state index in [1.165, 1.54) is 12.7 Å². The van der Waals surface area contributed by atoms with Crippen LogP contribution in [0.3, 0.4) is 0 Å². The van der Waals surface area contributed by atoms with Gasteiger partial charge < -0.3 is 4.98 Å². The van der Waals surface area contributed by atoms with Crippen LogP contribution in [0.25, 0.3) is 0 Å². The summed E-state index contributed by atoms with van der Waals surface area (Å²) in [5.74, 6) is 1.03. The second-order valence-electron chi connectivity index (χ2n) is 2.55. The predicted octanol–water partition coefficient (Wildman–Crippen LogP) is 2.27. The predicted molar refractivity (Wildman–Crippen MR) is 63.2 cm³/mol. The molecule has 0 fully saturated rings. The van der Waals surface area contributed by atoms with Crippen molar-refractivity contribution in [3.8, 4) is 0 Å². The third-order valence-electron chi connectivity index (χ3n) is 1.50. The van der Waals surface area contributed by atoms with Gasteiger partial charge in [-0.2, -0.15) is 0 Å². The molecule has 72 valence electrons. The molecule has 0 aliphatic heterocycles. The normalized spacial score (nSPS) is 10.3. The van der Waals surface area contributed by atoms with Crippen LogP contribution < -0.4 is 5.56 Å². The smallest absolute Gasteiger partial charge is 0.265 e. The van der Waals surface area contributed by atoms with Gasteiger partial charge in [-0.15, -0.1) is 11.8 Å². The molecule has 1 N–H and O–H groups in total. The summed E-state index contributed by atoms with van der Waals surface area (Å²) in [7, 11) is 0. The van der Waals surface area contributed by atoms with Crippen molar-refractivity contribution in [2.24, 2.45) is 0 Å². The van der Waals surface area contributed by atoms with Gasteiger partial charge in [-0.05, 0) is 34.8 Å².